The zero-order chi connectivity index (χ0) is 27.9. The number of aliphatic imine (C=N–C) groups is 2. The van der Waals surface area contributed by atoms with Crippen molar-refractivity contribution in [3.8, 4) is 11.1 Å². The molecule has 0 bridgehead atoms. The van der Waals surface area contributed by atoms with Gasteiger partial charge in [0.1, 0.15) is 23.2 Å². The molecule has 1 saturated carbocycles. The molecule has 11 nitrogen and oxygen atoms in total. The number of imidazole rings is 1. The van der Waals surface area contributed by atoms with E-state index >= 15 is 4.39 Å². The van der Waals surface area contributed by atoms with E-state index < -0.39 is 5.82 Å². The number of nitrogens with zero attached hydrogens (tertiary/aromatic N) is 7. The van der Waals surface area contributed by atoms with Gasteiger partial charge >= 0.3 is 0 Å². The number of hydrogen-bond donors (Lipinski definition) is 3. The summed E-state index contributed by atoms with van der Waals surface area (Å²) in [4.78, 5) is 42.9. The normalized spacial score (nSPS) is 18.4. The van der Waals surface area contributed by atoms with Crippen LogP contribution in [0.15, 0.2) is 46.9 Å². The number of piperazine rings is 1. The number of amides is 1. The second-order valence-electron chi connectivity index (χ2n) is 10.6. The minimum absolute atomic E-state index is 0.0389. The summed E-state index contributed by atoms with van der Waals surface area (Å²) in [6.07, 6.45) is 13.2. The van der Waals surface area contributed by atoms with Gasteiger partial charge in [0.05, 0.1) is 41.7 Å². The molecule has 0 spiro atoms. The molecule has 2 fully saturated rings. The van der Waals surface area contributed by atoms with E-state index in [1.165, 1.54) is 12.5 Å². The molecule has 6 heterocycles. The van der Waals surface area contributed by atoms with Crippen LogP contribution in [0.2, 0.25) is 0 Å². The third-order valence-electron chi connectivity index (χ3n) is 7.74. The topological polar surface area (TPSA) is 127 Å². The van der Waals surface area contributed by atoms with E-state index in [0.29, 0.717) is 35.0 Å². The molecule has 4 aliphatic rings. The maximum atomic E-state index is 16.5. The number of rotatable bonds is 5. The third-order valence-corrected chi connectivity index (χ3v) is 7.74. The molecule has 208 valence electrons. The lowest BCUT2D eigenvalue weighted by Crippen LogP contribution is -2.43. The highest BCUT2D eigenvalue weighted by molar-refractivity contribution is 5.95. The van der Waals surface area contributed by atoms with Crippen LogP contribution in [0.4, 0.5) is 15.9 Å². The summed E-state index contributed by atoms with van der Waals surface area (Å²) in [6, 6.07) is 1.71. The first-order valence-corrected chi connectivity index (χ1v) is 13.7. The first-order valence-electron chi connectivity index (χ1n) is 13.7. The minimum Gasteiger partial charge on any atom is -0.367 e. The summed E-state index contributed by atoms with van der Waals surface area (Å²) in [7, 11) is 2.12. The molecule has 1 saturated heterocycles. The molecular weight excluding hydrogens is 523 g/mol. The number of halogens is 1. The molecular formula is C29H29FN10O. The molecule has 12 heteroatoms. The van der Waals surface area contributed by atoms with Crippen molar-refractivity contribution in [1.29, 1.82) is 0 Å². The van der Waals surface area contributed by atoms with Crippen LogP contribution in [-0.2, 0) is 11.3 Å². The Kier molecular flexibility index (Phi) is 6.38. The fourth-order valence-corrected chi connectivity index (χ4v) is 5.26. The van der Waals surface area contributed by atoms with E-state index in [1.807, 2.05) is 12.3 Å². The van der Waals surface area contributed by atoms with Gasteiger partial charge < -0.3 is 25.4 Å². The Morgan fingerprint density at radius 2 is 2.00 bits per heavy atom. The standard InChI is InChI=1S/C29H29FN10O/c1-39-6-8-40(9-7-39)23-4-5-31-15-22-26(23)38-27(37-22)21-13-33-16-35-28-24(21)25(30)20(14-34-28)18-10-19(12-32-11-18)36-29(41)17-2-3-17/h4-5,10-14,16-17H,2-3,6-9,15H2,1H3,(H,36,41)(H,37,38)(H,33,34,35). The Hall–Kier alpha value is -4.71. The highest BCUT2D eigenvalue weighted by atomic mass is 19.1. The fourth-order valence-electron chi connectivity index (χ4n) is 5.26. The Balaban J connectivity index is 1.26. The van der Waals surface area contributed by atoms with Crippen LogP contribution in [0, 0.1) is 11.7 Å². The molecule has 3 N–H and O–H groups in total. The average molecular weight is 553 g/mol. The van der Waals surface area contributed by atoms with Crippen molar-refractivity contribution >= 4 is 41.2 Å². The molecule has 3 aliphatic heterocycles. The quantitative estimate of drug-likeness (QED) is 0.443. The number of fused-ring (bicyclic) bond motifs is 2. The summed E-state index contributed by atoms with van der Waals surface area (Å²) in [6.45, 7) is 4.12. The number of pyridine rings is 2. The molecule has 7 rings (SSSR count). The number of carbonyl (C=O) groups is 1. The Morgan fingerprint density at radius 3 is 2.83 bits per heavy atom. The van der Waals surface area contributed by atoms with Crippen LogP contribution in [-0.4, -0.2) is 81.4 Å². The number of likely N-dealkylation sites (N-methyl/N-ethyl adjacent to an activating group) is 1. The van der Waals surface area contributed by atoms with E-state index in [9.17, 15) is 4.79 Å². The van der Waals surface area contributed by atoms with Gasteiger partial charge in [-0.15, -0.1) is 0 Å². The van der Waals surface area contributed by atoms with Gasteiger partial charge in [-0.3, -0.25) is 14.8 Å². The number of anilines is 2. The molecule has 0 radical (unpaired) electrons. The van der Waals surface area contributed by atoms with Crippen LogP contribution >= 0.6 is 0 Å². The van der Waals surface area contributed by atoms with Crippen molar-refractivity contribution in [2.75, 3.05) is 43.9 Å². The number of carbonyl (C=O) groups excluding carboxylic acids is 1. The molecule has 1 amide bonds. The van der Waals surface area contributed by atoms with Gasteiger partial charge in [-0.2, -0.15) is 0 Å². The van der Waals surface area contributed by atoms with Gasteiger partial charge in [-0.25, -0.2) is 19.4 Å². The van der Waals surface area contributed by atoms with Gasteiger partial charge in [-0.1, -0.05) is 0 Å². The highest BCUT2D eigenvalue weighted by Crippen LogP contribution is 2.37. The number of aromatic amines is 1. The minimum atomic E-state index is -0.494. The Bertz CT molecular complexity index is 1640. The molecule has 0 unspecified atom stereocenters. The van der Waals surface area contributed by atoms with E-state index in [1.54, 1.807) is 24.7 Å². The molecule has 41 heavy (non-hydrogen) atoms. The van der Waals surface area contributed by atoms with Crippen LogP contribution in [0.1, 0.15) is 35.6 Å². The second kappa shape index (κ2) is 10.4. The van der Waals surface area contributed by atoms with Gasteiger partial charge in [0.2, 0.25) is 5.91 Å². The number of aromatic nitrogens is 4. The average Bonchev–Trinajstić information content (AvgIpc) is 3.80. The van der Waals surface area contributed by atoms with Gasteiger partial charge in [0.25, 0.3) is 0 Å². The lowest BCUT2D eigenvalue weighted by atomic mass is 10.0. The van der Waals surface area contributed by atoms with Crippen molar-refractivity contribution in [2.45, 2.75) is 19.4 Å². The van der Waals surface area contributed by atoms with Crippen LogP contribution in [0.3, 0.4) is 0 Å². The zero-order valence-corrected chi connectivity index (χ0v) is 22.6. The van der Waals surface area contributed by atoms with Crippen LogP contribution in [0.5, 0.6) is 0 Å². The SMILES string of the molecule is CN1CCN(C2=CC=NCc3[nH]c(C4=CN=CNc5ncc(-c6cncc(NC(=O)C7CC7)c6)c(F)c54)nc32)CC1. The summed E-state index contributed by atoms with van der Waals surface area (Å²) in [5.74, 6) is 0.318. The third kappa shape index (κ3) is 4.91. The molecule has 0 atom stereocenters. The molecule has 3 aromatic rings. The van der Waals surface area contributed by atoms with Gasteiger partial charge in [0, 0.05) is 73.6 Å². The van der Waals surface area contributed by atoms with Crippen molar-refractivity contribution in [3.63, 3.8) is 0 Å². The second-order valence-corrected chi connectivity index (χ2v) is 10.6. The van der Waals surface area contributed by atoms with Crippen LogP contribution in [0.25, 0.3) is 22.4 Å². The Labute approximate surface area is 236 Å². The molecule has 1 aliphatic carbocycles. The monoisotopic (exact) mass is 552 g/mol. The fraction of sp³-hybridized carbons (Fsp3) is 0.310. The van der Waals surface area contributed by atoms with E-state index in [4.69, 9.17) is 4.98 Å². The highest BCUT2D eigenvalue weighted by Gasteiger charge is 2.30. The van der Waals surface area contributed by atoms with Crippen molar-refractivity contribution in [2.24, 2.45) is 15.9 Å². The number of allylic oxidation sites excluding steroid dienone is 1. The predicted octanol–water partition coefficient (Wildman–Crippen LogP) is 3.37. The first kappa shape index (κ1) is 25.3. The maximum Gasteiger partial charge on any atom is 0.227 e. The summed E-state index contributed by atoms with van der Waals surface area (Å²) in [5.41, 5.74) is 4.64. The Morgan fingerprint density at radius 1 is 1.15 bits per heavy atom. The van der Waals surface area contributed by atoms with E-state index in [0.717, 1.165) is 56.1 Å². The van der Waals surface area contributed by atoms with Crippen molar-refractivity contribution in [3.05, 3.63) is 65.5 Å². The summed E-state index contributed by atoms with van der Waals surface area (Å²) >= 11 is 0. The van der Waals surface area contributed by atoms with Gasteiger partial charge in [0.15, 0.2) is 0 Å². The number of H-pyrrole nitrogens is 1. The lowest BCUT2D eigenvalue weighted by molar-refractivity contribution is -0.117. The summed E-state index contributed by atoms with van der Waals surface area (Å²) < 4.78 is 16.5. The van der Waals surface area contributed by atoms with E-state index in [-0.39, 0.29) is 23.0 Å². The zero-order valence-electron chi connectivity index (χ0n) is 22.6. The number of hydrogen-bond acceptors (Lipinski definition) is 9. The molecule has 3 aromatic heterocycles. The largest absolute Gasteiger partial charge is 0.367 e. The van der Waals surface area contributed by atoms with Crippen molar-refractivity contribution in [1.82, 2.24) is 29.7 Å². The first-order chi connectivity index (χ1) is 20.0. The van der Waals surface area contributed by atoms with Crippen molar-refractivity contribution < 1.29 is 9.18 Å². The summed E-state index contributed by atoms with van der Waals surface area (Å²) in [5, 5.41) is 5.86. The van der Waals surface area contributed by atoms with Gasteiger partial charge in [-0.05, 0) is 32.0 Å². The van der Waals surface area contributed by atoms with E-state index in [2.05, 4.69) is 52.4 Å². The lowest BCUT2D eigenvalue weighted by Gasteiger charge is -2.35. The maximum absolute atomic E-state index is 16.5. The predicted molar refractivity (Wildman–Crippen MR) is 156 cm³/mol. The smallest absolute Gasteiger partial charge is 0.227 e. The number of nitrogens with one attached hydrogen (secondary N) is 3. The van der Waals surface area contributed by atoms with Crippen LogP contribution < -0.4 is 10.6 Å². The molecule has 0 aromatic carbocycles.